The van der Waals surface area contributed by atoms with Gasteiger partial charge in [-0.15, -0.1) is 0 Å². The topological polar surface area (TPSA) is 84.4 Å². The van der Waals surface area contributed by atoms with Gasteiger partial charge in [0, 0.05) is 37.5 Å². The van der Waals surface area contributed by atoms with Crippen molar-refractivity contribution in [2.75, 3.05) is 18.6 Å². The molecule has 0 radical (unpaired) electrons. The van der Waals surface area contributed by atoms with Crippen molar-refractivity contribution in [3.05, 3.63) is 71.8 Å². The number of amides is 2. The van der Waals surface area contributed by atoms with Crippen molar-refractivity contribution in [3.63, 3.8) is 0 Å². The third-order valence-corrected chi connectivity index (χ3v) is 4.72. The molecule has 0 saturated heterocycles. The Morgan fingerprint density at radius 3 is 2.42 bits per heavy atom. The lowest BCUT2D eigenvalue weighted by Gasteiger charge is -2.21. The number of benzene rings is 1. The Kier molecular flexibility index (Phi) is 7.60. The first kappa shape index (κ1) is 23.7. The molecule has 3 aromatic rings. The monoisotopic (exact) mass is 458 g/mol. The van der Waals surface area contributed by atoms with Crippen molar-refractivity contribution in [1.29, 1.82) is 0 Å². The van der Waals surface area contributed by atoms with Crippen LogP contribution in [-0.2, 0) is 11.3 Å². The van der Waals surface area contributed by atoms with E-state index in [0.29, 0.717) is 27.6 Å². The van der Waals surface area contributed by atoms with Gasteiger partial charge in [0.15, 0.2) is 0 Å². The molecule has 2 aromatic heterocycles. The van der Waals surface area contributed by atoms with Crippen molar-refractivity contribution in [2.45, 2.75) is 19.9 Å². The Bertz CT molecular complexity index is 1120. The fraction of sp³-hybridized carbons (Fsp3) is 0.217. The summed E-state index contributed by atoms with van der Waals surface area (Å²) in [6.45, 7) is 0.446. The van der Waals surface area contributed by atoms with Crippen molar-refractivity contribution in [3.8, 4) is 17.1 Å². The van der Waals surface area contributed by atoms with Crippen LogP contribution in [0.5, 0.6) is 5.88 Å². The number of anilines is 1. The fourth-order valence-electron chi connectivity index (χ4n) is 3.04. The first-order chi connectivity index (χ1) is 15.8. The second-order valence-corrected chi connectivity index (χ2v) is 7.01. The molecule has 7 nitrogen and oxygen atoms in total. The normalized spacial score (nSPS) is 10.7. The predicted octanol–water partition coefficient (Wildman–Crippen LogP) is 3.84. The number of rotatable bonds is 8. The van der Waals surface area contributed by atoms with Gasteiger partial charge in [-0.2, -0.15) is 0 Å². The summed E-state index contributed by atoms with van der Waals surface area (Å²) in [7, 11) is 1.51. The summed E-state index contributed by atoms with van der Waals surface area (Å²) in [5, 5.41) is 2.75. The molecule has 0 unspecified atom stereocenters. The SMILES string of the molecule is COc1ccc(CNC(=O)c2ccc(-c3ccc(N(CC(F)F)C(C)=O)c(F)c3)nc2)cn1. The van der Waals surface area contributed by atoms with Gasteiger partial charge in [-0.3, -0.25) is 14.6 Å². The van der Waals surface area contributed by atoms with E-state index in [0.717, 1.165) is 18.6 Å². The van der Waals surface area contributed by atoms with E-state index in [1.165, 1.54) is 31.5 Å². The highest BCUT2D eigenvalue weighted by Gasteiger charge is 2.20. The molecule has 1 aromatic carbocycles. The zero-order valence-corrected chi connectivity index (χ0v) is 17.9. The third-order valence-electron chi connectivity index (χ3n) is 4.72. The van der Waals surface area contributed by atoms with Gasteiger partial charge < -0.3 is 15.0 Å². The quantitative estimate of drug-likeness (QED) is 0.555. The Labute approximate surface area is 188 Å². The van der Waals surface area contributed by atoms with Gasteiger partial charge in [0.2, 0.25) is 11.8 Å². The molecule has 0 saturated carbocycles. The maximum absolute atomic E-state index is 14.6. The maximum atomic E-state index is 14.6. The number of nitrogens with one attached hydrogen (secondary N) is 1. The molecule has 0 bridgehead atoms. The van der Waals surface area contributed by atoms with Gasteiger partial charge in [-0.1, -0.05) is 12.1 Å². The Hall–Kier alpha value is -3.95. The predicted molar refractivity (Wildman–Crippen MR) is 116 cm³/mol. The smallest absolute Gasteiger partial charge is 0.256 e. The lowest BCUT2D eigenvalue weighted by molar-refractivity contribution is -0.117. The van der Waals surface area contributed by atoms with E-state index in [1.807, 2.05) is 0 Å². The van der Waals surface area contributed by atoms with E-state index in [-0.39, 0.29) is 18.1 Å². The molecule has 10 heteroatoms. The highest BCUT2D eigenvalue weighted by Crippen LogP contribution is 2.26. The van der Waals surface area contributed by atoms with Crippen molar-refractivity contribution in [2.24, 2.45) is 0 Å². The van der Waals surface area contributed by atoms with E-state index < -0.39 is 24.7 Å². The number of hydrogen-bond acceptors (Lipinski definition) is 5. The minimum Gasteiger partial charge on any atom is -0.481 e. The lowest BCUT2D eigenvalue weighted by atomic mass is 10.1. The number of methoxy groups -OCH3 is 1. The summed E-state index contributed by atoms with van der Waals surface area (Å²) in [6.07, 6.45) is 0.142. The van der Waals surface area contributed by atoms with E-state index >= 15 is 0 Å². The molecule has 2 amide bonds. The number of carbonyl (C=O) groups is 2. The maximum Gasteiger partial charge on any atom is 0.256 e. The average Bonchev–Trinajstić information content (AvgIpc) is 2.81. The van der Waals surface area contributed by atoms with Crippen LogP contribution in [0, 0.1) is 5.82 Å². The number of pyridine rings is 2. The second-order valence-electron chi connectivity index (χ2n) is 7.01. The van der Waals surface area contributed by atoms with Crippen LogP contribution in [0.3, 0.4) is 0 Å². The third kappa shape index (κ3) is 6.06. The highest BCUT2D eigenvalue weighted by molar-refractivity contribution is 5.94. The fourth-order valence-corrected chi connectivity index (χ4v) is 3.04. The minimum absolute atomic E-state index is 0.240. The summed E-state index contributed by atoms with van der Waals surface area (Å²) >= 11 is 0. The number of hydrogen-bond donors (Lipinski definition) is 1. The van der Waals surface area contributed by atoms with Crippen LogP contribution in [0.25, 0.3) is 11.3 Å². The number of ether oxygens (including phenoxy) is 1. The number of carbonyl (C=O) groups excluding carboxylic acids is 2. The summed E-state index contributed by atoms with van der Waals surface area (Å²) in [5.41, 5.74) is 1.59. The highest BCUT2D eigenvalue weighted by atomic mass is 19.3. The van der Waals surface area contributed by atoms with Crippen LogP contribution in [0.1, 0.15) is 22.8 Å². The first-order valence-corrected chi connectivity index (χ1v) is 9.88. The van der Waals surface area contributed by atoms with Gasteiger partial charge in [0.25, 0.3) is 12.3 Å². The van der Waals surface area contributed by atoms with Crippen molar-refractivity contribution in [1.82, 2.24) is 15.3 Å². The molecular weight excluding hydrogens is 437 g/mol. The minimum atomic E-state index is -2.80. The van der Waals surface area contributed by atoms with Gasteiger partial charge in [0.1, 0.15) is 5.82 Å². The zero-order valence-electron chi connectivity index (χ0n) is 17.9. The van der Waals surface area contributed by atoms with Crippen LogP contribution in [0.4, 0.5) is 18.9 Å². The molecule has 172 valence electrons. The molecule has 0 spiro atoms. The molecule has 3 rings (SSSR count). The Balaban J connectivity index is 1.69. The Morgan fingerprint density at radius 1 is 1.09 bits per heavy atom. The van der Waals surface area contributed by atoms with Crippen LogP contribution in [0.2, 0.25) is 0 Å². The summed E-state index contributed by atoms with van der Waals surface area (Å²) in [5.74, 6) is -1.41. The van der Waals surface area contributed by atoms with Crippen molar-refractivity contribution < 1.29 is 27.5 Å². The van der Waals surface area contributed by atoms with E-state index in [2.05, 4.69) is 15.3 Å². The number of aromatic nitrogens is 2. The zero-order chi connectivity index (χ0) is 24.0. The molecule has 0 aliphatic heterocycles. The molecule has 1 N–H and O–H groups in total. The second kappa shape index (κ2) is 10.6. The van der Waals surface area contributed by atoms with Crippen LogP contribution in [0.15, 0.2) is 54.9 Å². The molecule has 0 fully saturated rings. The van der Waals surface area contributed by atoms with E-state index in [1.54, 1.807) is 24.4 Å². The van der Waals surface area contributed by atoms with Gasteiger partial charge in [-0.05, 0) is 29.8 Å². The first-order valence-electron chi connectivity index (χ1n) is 9.88. The standard InChI is InChI=1S/C23H21F3N4O3/c1-14(31)30(13-21(25)26)20-7-5-16(9-18(20)24)19-6-4-17(12-27-19)23(32)29-11-15-3-8-22(33-2)28-10-15/h3-10,12,21H,11,13H2,1-2H3,(H,29,32). The largest absolute Gasteiger partial charge is 0.481 e. The molecule has 0 atom stereocenters. The lowest BCUT2D eigenvalue weighted by Crippen LogP contribution is -2.33. The molecule has 0 aliphatic carbocycles. The number of halogens is 3. The Morgan fingerprint density at radius 2 is 1.88 bits per heavy atom. The molecule has 2 heterocycles. The van der Waals surface area contributed by atoms with Crippen LogP contribution in [-0.4, -0.2) is 41.9 Å². The van der Waals surface area contributed by atoms with Gasteiger partial charge in [0.05, 0.1) is 30.6 Å². The van der Waals surface area contributed by atoms with Crippen LogP contribution < -0.4 is 15.0 Å². The summed E-state index contributed by atoms with van der Waals surface area (Å²) in [4.78, 5) is 32.9. The molecule has 33 heavy (non-hydrogen) atoms. The molecular formula is C23H21F3N4O3. The molecule has 0 aliphatic rings. The van der Waals surface area contributed by atoms with E-state index in [4.69, 9.17) is 4.74 Å². The van der Waals surface area contributed by atoms with E-state index in [9.17, 15) is 22.8 Å². The number of alkyl halides is 2. The average molecular weight is 458 g/mol. The summed E-state index contributed by atoms with van der Waals surface area (Å²) < 4.78 is 45.0. The number of nitrogens with zero attached hydrogens (tertiary/aromatic N) is 3. The van der Waals surface area contributed by atoms with Crippen LogP contribution >= 0.6 is 0 Å². The van der Waals surface area contributed by atoms with Gasteiger partial charge >= 0.3 is 0 Å². The van der Waals surface area contributed by atoms with Gasteiger partial charge in [-0.25, -0.2) is 18.2 Å². The summed E-state index contributed by atoms with van der Waals surface area (Å²) in [6, 6.07) is 10.4. The van der Waals surface area contributed by atoms with Crippen molar-refractivity contribution >= 4 is 17.5 Å².